The van der Waals surface area contributed by atoms with Gasteiger partial charge in [0.05, 0.1) is 6.54 Å². The summed E-state index contributed by atoms with van der Waals surface area (Å²) >= 11 is 0. The number of furan rings is 1. The second-order valence-corrected chi connectivity index (χ2v) is 4.09. The number of rotatable bonds is 4. The number of aryl methyl sites for hydroxylation is 1. The number of benzene rings is 1. The van der Waals surface area contributed by atoms with Crippen LogP contribution in [0.3, 0.4) is 0 Å². The molecule has 0 atom stereocenters. The summed E-state index contributed by atoms with van der Waals surface area (Å²) in [7, 11) is 1.77. The molecule has 0 bridgehead atoms. The van der Waals surface area contributed by atoms with E-state index in [-0.39, 0.29) is 5.78 Å². The molecule has 2 aromatic rings. The molecule has 0 fully saturated rings. The summed E-state index contributed by atoms with van der Waals surface area (Å²) in [6.45, 7) is 4.24. The third kappa shape index (κ3) is 4.63. The number of carbonyl (C=O) groups excluding carboxylic acids is 1. The standard InChI is InChI=1S/C9H7NO2.C5H11NO/c1-6-4-7-2-3-8(10-11)5-9(7)12-6;1-3-5(7)4-6-2/h2-5H,1H3;6H,3-4H2,1-2H3. The summed E-state index contributed by atoms with van der Waals surface area (Å²) in [4.78, 5) is 20.5. The van der Waals surface area contributed by atoms with Crippen molar-refractivity contribution in [1.29, 1.82) is 0 Å². The lowest BCUT2D eigenvalue weighted by atomic mass is 10.2. The smallest absolute Gasteiger partial charge is 0.146 e. The van der Waals surface area contributed by atoms with Crippen LogP contribution in [0.25, 0.3) is 11.0 Å². The Morgan fingerprint density at radius 1 is 1.37 bits per heavy atom. The third-order valence-electron chi connectivity index (χ3n) is 2.50. The zero-order valence-corrected chi connectivity index (χ0v) is 11.4. The molecule has 19 heavy (non-hydrogen) atoms. The molecule has 1 aromatic heterocycles. The van der Waals surface area contributed by atoms with Gasteiger partial charge in [-0.15, -0.1) is 4.91 Å². The van der Waals surface area contributed by atoms with Gasteiger partial charge in [0.2, 0.25) is 0 Å². The zero-order valence-electron chi connectivity index (χ0n) is 11.4. The van der Waals surface area contributed by atoms with Crippen LogP contribution in [0.4, 0.5) is 5.69 Å². The quantitative estimate of drug-likeness (QED) is 0.858. The van der Waals surface area contributed by atoms with Gasteiger partial charge >= 0.3 is 0 Å². The largest absolute Gasteiger partial charge is 0.461 e. The lowest BCUT2D eigenvalue weighted by molar-refractivity contribution is -0.117. The zero-order chi connectivity index (χ0) is 14.3. The molecule has 0 saturated heterocycles. The van der Waals surface area contributed by atoms with E-state index >= 15 is 0 Å². The topological polar surface area (TPSA) is 71.7 Å². The predicted octanol–water partition coefficient (Wildman–Crippen LogP) is 3.32. The molecule has 0 radical (unpaired) electrons. The highest BCUT2D eigenvalue weighted by Gasteiger charge is 2.00. The first-order valence-electron chi connectivity index (χ1n) is 6.10. The molecule has 102 valence electrons. The fraction of sp³-hybridized carbons (Fsp3) is 0.357. The summed E-state index contributed by atoms with van der Waals surface area (Å²) in [6.07, 6.45) is 0.640. The van der Waals surface area contributed by atoms with Crippen LogP contribution in [-0.4, -0.2) is 19.4 Å². The van der Waals surface area contributed by atoms with Gasteiger partial charge in [0.1, 0.15) is 22.8 Å². The Morgan fingerprint density at radius 3 is 2.63 bits per heavy atom. The molecule has 1 N–H and O–H groups in total. The Labute approximate surface area is 112 Å². The molecule has 0 spiro atoms. The molecule has 5 heteroatoms. The van der Waals surface area contributed by atoms with E-state index in [1.807, 2.05) is 26.0 Å². The maximum atomic E-state index is 10.3. The van der Waals surface area contributed by atoms with Crippen molar-refractivity contribution >= 4 is 22.4 Å². The first kappa shape index (κ1) is 15.0. The van der Waals surface area contributed by atoms with Crippen LogP contribution in [0, 0.1) is 11.8 Å². The third-order valence-corrected chi connectivity index (χ3v) is 2.50. The van der Waals surface area contributed by atoms with Gasteiger partial charge in [-0.3, -0.25) is 4.79 Å². The van der Waals surface area contributed by atoms with Gasteiger partial charge in [0.25, 0.3) is 0 Å². The van der Waals surface area contributed by atoms with Gasteiger partial charge in [0.15, 0.2) is 0 Å². The van der Waals surface area contributed by atoms with E-state index in [4.69, 9.17) is 4.42 Å². The van der Waals surface area contributed by atoms with Gasteiger partial charge < -0.3 is 9.73 Å². The maximum absolute atomic E-state index is 10.3. The average molecular weight is 262 g/mol. The van der Waals surface area contributed by atoms with E-state index < -0.39 is 0 Å². The number of nitrogens with one attached hydrogen (secondary N) is 1. The minimum Gasteiger partial charge on any atom is -0.461 e. The Bertz CT molecular complexity index is 561. The van der Waals surface area contributed by atoms with E-state index in [1.54, 1.807) is 19.2 Å². The Hall–Kier alpha value is -2.01. The number of Topliss-reactive ketones (excluding diaryl/α,β-unsaturated/α-hetero) is 1. The normalized spacial score (nSPS) is 9.84. The highest BCUT2D eigenvalue weighted by Crippen LogP contribution is 2.23. The Balaban J connectivity index is 0.000000224. The number of likely N-dealkylation sites (N-methyl/N-ethyl adjacent to an activating group) is 1. The summed E-state index contributed by atoms with van der Waals surface area (Å²) in [5.41, 5.74) is 1.11. The van der Waals surface area contributed by atoms with E-state index in [1.165, 1.54) is 0 Å². The molecule has 0 saturated carbocycles. The summed E-state index contributed by atoms with van der Waals surface area (Å²) < 4.78 is 5.31. The summed E-state index contributed by atoms with van der Waals surface area (Å²) in [6, 6.07) is 7.05. The molecular weight excluding hydrogens is 244 g/mol. The molecule has 1 aromatic carbocycles. The van der Waals surface area contributed by atoms with Crippen molar-refractivity contribution in [3.8, 4) is 0 Å². The maximum Gasteiger partial charge on any atom is 0.146 e. The number of ketones is 1. The minimum absolute atomic E-state index is 0.266. The number of hydrogen-bond donors (Lipinski definition) is 1. The van der Waals surface area contributed by atoms with E-state index in [0.717, 1.165) is 11.1 Å². The van der Waals surface area contributed by atoms with Crippen LogP contribution in [0.15, 0.2) is 33.9 Å². The van der Waals surface area contributed by atoms with Crippen LogP contribution < -0.4 is 5.32 Å². The highest BCUT2D eigenvalue weighted by atomic mass is 16.3. The van der Waals surface area contributed by atoms with Gasteiger partial charge in [-0.1, -0.05) is 6.92 Å². The first-order valence-corrected chi connectivity index (χ1v) is 6.10. The molecular formula is C14H18N2O3. The van der Waals surface area contributed by atoms with Crippen LogP contribution in [0.1, 0.15) is 19.1 Å². The van der Waals surface area contributed by atoms with Crippen LogP contribution >= 0.6 is 0 Å². The molecule has 2 rings (SSSR count). The van der Waals surface area contributed by atoms with Gasteiger partial charge in [0, 0.05) is 17.9 Å². The SMILES string of the molecule is CCC(=O)CNC.Cc1cc2ccc(N=O)cc2o1. The van der Waals surface area contributed by atoms with Crippen LogP contribution in [0.2, 0.25) is 0 Å². The van der Waals surface area contributed by atoms with E-state index in [0.29, 0.717) is 24.2 Å². The lowest BCUT2D eigenvalue weighted by Gasteiger charge is -1.90. The van der Waals surface area contributed by atoms with E-state index in [2.05, 4.69) is 10.5 Å². The van der Waals surface area contributed by atoms with Crippen molar-refractivity contribution in [2.75, 3.05) is 13.6 Å². The van der Waals surface area contributed by atoms with Crippen molar-refractivity contribution in [3.63, 3.8) is 0 Å². The number of hydrogen-bond acceptors (Lipinski definition) is 5. The average Bonchev–Trinajstić information content (AvgIpc) is 2.78. The fourth-order valence-corrected chi connectivity index (χ4v) is 1.53. The first-order chi connectivity index (χ1) is 9.10. The number of nitroso groups, excluding NO2 is 1. The van der Waals surface area contributed by atoms with Crippen molar-refractivity contribution in [2.24, 2.45) is 5.18 Å². The highest BCUT2D eigenvalue weighted by molar-refractivity contribution is 5.81. The summed E-state index contributed by atoms with van der Waals surface area (Å²) in [5, 5.41) is 6.59. The molecule has 1 heterocycles. The fourth-order valence-electron chi connectivity index (χ4n) is 1.53. The number of nitrogens with zero attached hydrogens (tertiary/aromatic N) is 1. The van der Waals surface area contributed by atoms with Crippen molar-refractivity contribution in [3.05, 3.63) is 34.9 Å². The number of fused-ring (bicyclic) bond motifs is 1. The van der Waals surface area contributed by atoms with E-state index in [9.17, 15) is 9.70 Å². The molecule has 0 aliphatic carbocycles. The van der Waals surface area contributed by atoms with Crippen molar-refractivity contribution in [1.82, 2.24) is 5.32 Å². The van der Waals surface area contributed by atoms with Crippen molar-refractivity contribution < 1.29 is 9.21 Å². The van der Waals surface area contributed by atoms with Gasteiger partial charge in [-0.25, -0.2) is 0 Å². The van der Waals surface area contributed by atoms with Gasteiger partial charge in [-0.2, -0.15) is 0 Å². The molecule has 5 nitrogen and oxygen atoms in total. The molecule has 0 aliphatic heterocycles. The lowest BCUT2D eigenvalue weighted by Crippen LogP contribution is -2.16. The monoisotopic (exact) mass is 262 g/mol. The van der Waals surface area contributed by atoms with Gasteiger partial charge in [-0.05, 0) is 37.3 Å². The summed E-state index contributed by atoms with van der Waals surface area (Å²) in [5.74, 6) is 1.11. The molecule has 0 amide bonds. The predicted molar refractivity (Wildman–Crippen MR) is 75.6 cm³/mol. The second kappa shape index (κ2) is 7.43. The Kier molecular flexibility index (Phi) is 5.89. The van der Waals surface area contributed by atoms with Crippen molar-refractivity contribution in [2.45, 2.75) is 20.3 Å². The molecule has 0 aliphatic rings. The minimum atomic E-state index is 0.266. The van der Waals surface area contributed by atoms with Crippen LogP contribution in [-0.2, 0) is 4.79 Å². The van der Waals surface area contributed by atoms with Crippen LogP contribution in [0.5, 0.6) is 0 Å². The second-order valence-electron chi connectivity index (χ2n) is 4.09. The number of carbonyl (C=O) groups is 1. The molecule has 0 unspecified atom stereocenters. The Morgan fingerprint density at radius 2 is 2.11 bits per heavy atom.